The van der Waals surface area contributed by atoms with Crippen molar-refractivity contribution in [3.05, 3.63) is 17.8 Å². The van der Waals surface area contributed by atoms with Crippen LogP contribution < -0.4 is 5.73 Å². The van der Waals surface area contributed by atoms with Crippen molar-refractivity contribution < 1.29 is 0 Å². The van der Waals surface area contributed by atoms with Crippen molar-refractivity contribution in [2.24, 2.45) is 5.92 Å². The third-order valence-corrected chi connectivity index (χ3v) is 4.22. The number of pyridine rings is 1. The fourth-order valence-electron chi connectivity index (χ4n) is 1.98. The van der Waals surface area contributed by atoms with E-state index in [2.05, 4.69) is 4.98 Å². The minimum Gasteiger partial charge on any atom is -0.398 e. The Bertz CT molecular complexity index is 332. The quantitative estimate of drug-likeness (QED) is 0.798. The van der Waals surface area contributed by atoms with Gasteiger partial charge in [0.1, 0.15) is 0 Å². The first-order valence-corrected chi connectivity index (χ1v) is 6.59. The molecule has 1 aromatic rings. The molecule has 2 rings (SSSR count). The van der Waals surface area contributed by atoms with E-state index < -0.39 is 0 Å². The molecule has 3 heteroatoms. The number of nitrogens with two attached hydrogens (primary N) is 1. The van der Waals surface area contributed by atoms with Gasteiger partial charge in [-0.3, -0.25) is 0 Å². The zero-order valence-electron chi connectivity index (χ0n) is 9.20. The summed E-state index contributed by atoms with van der Waals surface area (Å²) in [5.74, 6) is 2.11. The monoisotopic (exact) mass is 222 g/mol. The summed E-state index contributed by atoms with van der Waals surface area (Å²) < 4.78 is 0. The standard InChI is InChI=1S/C12H18N2S/c1-9-7-14-12(6-11(9)13)15-8-10-4-2-3-5-10/h6-7,10H,2-5,8H2,1H3,(H2,13,14). The highest BCUT2D eigenvalue weighted by Gasteiger charge is 2.15. The van der Waals surface area contributed by atoms with Crippen molar-refractivity contribution in [2.75, 3.05) is 11.5 Å². The van der Waals surface area contributed by atoms with Crippen LogP contribution in [0.3, 0.4) is 0 Å². The normalized spacial score (nSPS) is 17.1. The van der Waals surface area contributed by atoms with Gasteiger partial charge < -0.3 is 5.73 Å². The summed E-state index contributed by atoms with van der Waals surface area (Å²) >= 11 is 1.85. The van der Waals surface area contributed by atoms with Crippen LogP contribution in [0.15, 0.2) is 17.3 Å². The molecular weight excluding hydrogens is 204 g/mol. The van der Waals surface area contributed by atoms with Gasteiger partial charge in [-0.05, 0) is 37.3 Å². The van der Waals surface area contributed by atoms with E-state index in [1.165, 1.54) is 31.4 Å². The maximum absolute atomic E-state index is 5.85. The molecule has 82 valence electrons. The van der Waals surface area contributed by atoms with Crippen LogP contribution in [0.2, 0.25) is 0 Å². The minimum absolute atomic E-state index is 0.860. The number of hydrogen-bond donors (Lipinski definition) is 1. The Morgan fingerprint density at radius 2 is 2.20 bits per heavy atom. The first-order chi connectivity index (χ1) is 7.25. The number of nitrogens with zero attached hydrogens (tertiary/aromatic N) is 1. The highest BCUT2D eigenvalue weighted by molar-refractivity contribution is 7.99. The Kier molecular flexibility index (Phi) is 3.52. The second-order valence-electron chi connectivity index (χ2n) is 4.34. The van der Waals surface area contributed by atoms with E-state index in [0.717, 1.165) is 22.2 Å². The molecule has 0 atom stereocenters. The highest BCUT2D eigenvalue weighted by atomic mass is 32.2. The molecule has 0 aliphatic heterocycles. The molecule has 1 saturated carbocycles. The van der Waals surface area contributed by atoms with Crippen LogP contribution in [0.5, 0.6) is 0 Å². The second-order valence-corrected chi connectivity index (χ2v) is 5.38. The summed E-state index contributed by atoms with van der Waals surface area (Å²) in [7, 11) is 0. The van der Waals surface area contributed by atoms with Crippen LogP contribution in [0.4, 0.5) is 5.69 Å². The van der Waals surface area contributed by atoms with Crippen molar-refractivity contribution in [1.29, 1.82) is 0 Å². The van der Waals surface area contributed by atoms with Gasteiger partial charge in [-0.25, -0.2) is 4.98 Å². The molecule has 1 fully saturated rings. The third kappa shape index (κ3) is 2.88. The van der Waals surface area contributed by atoms with Crippen LogP contribution in [-0.2, 0) is 0 Å². The fourth-order valence-corrected chi connectivity index (χ4v) is 3.06. The van der Waals surface area contributed by atoms with E-state index in [0.29, 0.717) is 0 Å². The molecule has 0 unspecified atom stereocenters. The van der Waals surface area contributed by atoms with Crippen molar-refractivity contribution in [1.82, 2.24) is 4.98 Å². The molecule has 2 nitrogen and oxygen atoms in total. The van der Waals surface area contributed by atoms with E-state index in [-0.39, 0.29) is 0 Å². The number of aromatic nitrogens is 1. The number of anilines is 1. The van der Waals surface area contributed by atoms with Crippen molar-refractivity contribution >= 4 is 17.4 Å². The molecule has 0 aromatic carbocycles. The van der Waals surface area contributed by atoms with Gasteiger partial charge in [0.15, 0.2) is 0 Å². The summed E-state index contributed by atoms with van der Waals surface area (Å²) in [6, 6.07) is 1.99. The number of nitrogen functional groups attached to an aromatic ring is 1. The van der Waals surface area contributed by atoms with Gasteiger partial charge in [0.05, 0.1) is 5.03 Å². The molecule has 1 aliphatic carbocycles. The summed E-state index contributed by atoms with van der Waals surface area (Å²) in [5, 5.41) is 1.07. The van der Waals surface area contributed by atoms with Gasteiger partial charge in [0, 0.05) is 17.6 Å². The van der Waals surface area contributed by atoms with E-state index in [1.807, 2.05) is 30.9 Å². The molecule has 15 heavy (non-hydrogen) atoms. The number of thioether (sulfide) groups is 1. The average Bonchev–Trinajstić information content (AvgIpc) is 2.73. The zero-order valence-corrected chi connectivity index (χ0v) is 10.0. The van der Waals surface area contributed by atoms with Crippen LogP contribution >= 0.6 is 11.8 Å². The van der Waals surface area contributed by atoms with Crippen LogP contribution in [0, 0.1) is 12.8 Å². The van der Waals surface area contributed by atoms with E-state index >= 15 is 0 Å². The number of hydrogen-bond acceptors (Lipinski definition) is 3. The largest absolute Gasteiger partial charge is 0.398 e. The summed E-state index contributed by atoms with van der Waals surface area (Å²) in [4.78, 5) is 4.38. The molecule has 1 aliphatic rings. The maximum atomic E-state index is 5.85. The fraction of sp³-hybridized carbons (Fsp3) is 0.583. The van der Waals surface area contributed by atoms with Crippen molar-refractivity contribution in [3.8, 4) is 0 Å². The topological polar surface area (TPSA) is 38.9 Å². The second kappa shape index (κ2) is 4.88. The molecule has 0 bridgehead atoms. The average molecular weight is 222 g/mol. The maximum Gasteiger partial charge on any atom is 0.0980 e. The van der Waals surface area contributed by atoms with Crippen molar-refractivity contribution in [2.45, 2.75) is 37.6 Å². The lowest BCUT2D eigenvalue weighted by Gasteiger charge is -2.08. The Balaban J connectivity index is 1.90. The SMILES string of the molecule is Cc1cnc(SCC2CCCC2)cc1N. The van der Waals surface area contributed by atoms with E-state index in [4.69, 9.17) is 5.73 Å². The molecule has 2 N–H and O–H groups in total. The Morgan fingerprint density at radius 1 is 1.47 bits per heavy atom. The molecule has 0 saturated heterocycles. The smallest absolute Gasteiger partial charge is 0.0980 e. The Labute approximate surface area is 95.7 Å². The minimum atomic E-state index is 0.860. The number of aryl methyl sites for hydroxylation is 1. The Hall–Kier alpha value is -0.700. The summed E-state index contributed by atoms with van der Waals surface area (Å²) in [6.45, 7) is 1.99. The molecule has 0 spiro atoms. The molecular formula is C12H18N2S. The predicted molar refractivity (Wildman–Crippen MR) is 66.1 cm³/mol. The lowest BCUT2D eigenvalue weighted by molar-refractivity contribution is 0.623. The van der Waals surface area contributed by atoms with Crippen LogP contribution in [0.25, 0.3) is 0 Å². The van der Waals surface area contributed by atoms with Crippen LogP contribution in [0.1, 0.15) is 31.2 Å². The van der Waals surface area contributed by atoms with Gasteiger partial charge in [-0.2, -0.15) is 0 Å². The molecule has 0 radical (unpaired) electrons. The third-order valence-electron chi connectivity index (χ3n) is 3.06. The lowest BCUT2D eigenvalue weighted by atomic mass is 10.1. The van der Waals surface area contributed by atoms with Gasteiger partial charge in [0.25, 0.3) is 0 Å². The first-order valence-electron chi connectivity index (χ1n) is 5.60. The van der Waals surface area contributed by atoms with Crippen molar-refractivity contribution in [3.63, 3.8) is 0 Å². The molecule has 1 aromatic heterocycles. The van der Waals surface area contributed by atoms with Gasteiger partial charge in [-0.1, -0.05) is 12.8 Å². The van der Waals surface area contributed by atoms with Gasteiger partial charge in [0.2, 0.25) is 0 Å². The number of rotatable bonds is 3. The highest BCUT2D eigenvalue weighted by Crippen LogP contribution is 2.30. The predicted octanol–water partition coefficient (Wildman–Crippen LogP) is 3.25. The summed E-state index contributed by atoms with van der Waals surface area (Å²) in [5.41, 5.74) is 7.78. The first kappa shape index (κ1) is 10.8. The van der Waals surface area contributed by atoms with Crippen LogP contribution in [-0.4, -0.2) is 10.7 Å². The summed E-state index contributed by atoms with van der Waals surface area (Å²) in [6.07, 6.45) is 7.48. The molecule has 0 amide bonds. The molecule has 1 heterocycles. The Morgan fingerprint density at radius 3 is 2.87 bits per heavy atom. The van der Waals surface area contributed by atoms with E-state index in [9.17, 15) is 0 Å². The van der Waals surface area contributed by atoms with Gasteiger partial charge in [-0.15, -0.1) is 11.8 Å². The van der Waals surface area contributed by atoms with E-state index in [1.54, 1.807) is 0 Å². The van der Waals surface area contributed by atoms with Gasteiger partial charge >= 0.3 is 0 Å². The lowest BCUT2D eigenvalue weighted by Crippen LogP contribution is -1.98. The zero-order chi connectivity index (χ0) is 10.7.